The molecule has 0 heterocycles. The third-order valence-corrected chi connectivity index (χ3v) is 6.46. The number of benzene rings is 6. The summed E-state index contributed by atoms with van der Waals surface area (Å²) >= 11 is 0. The molecule has 0 aliphatic heterocycles. The van der Waals surface area contributed by atoms with Crippen molar-refractivity contribution in [3.05, 3.63) is 170 Å². The van der Waals surface area contributed by atoms with Crippen LogP contribution in [-0.4, -0.2) is 12.2 Å². The van der Waals surface area contributed by atoms with Gasteiger partial charge in [0, 0.05) is 46.3 Å². The van der Waals surface area contributed by atoms with Crippen LogP contribution in [0.25, 0.3) is 0 Å². The molecule has 0 unspecified atom stereocenters. The van der Waals surface area contributed by atoms with Crippen LogP contribution < -0.4 is 14.5 Å². The van der Waals surface area contributed by atoms with Gasteiger partial charge in [-0.05, 0) is 72.8 Å². The minimum absolute atomic E-state index is 0.263. The minimum atomic E-state index is 0.263. The zero-order valence-corrected chi connectivity index (χ0v) is 22.9. The molecule has 0 amide bonds. The highest BCUT2D eigenvalue weighted by Gasteiger charge is 2.13. The van der Waals surface area contributed by atoms with Crippen LogP contribution in [-0.2, 0) is 0 Å². The van der Waals surface area contributed by atoms with Crippen LogP contribution in [0, 0.1) is 0 Å². The van der Waals surface area contributed by atoms with Crippen molar-refractivity contribution >= 4 is 34.1 Å². The van der Waals surface area contributed by atoms with Gasteiger partial charge in [-0.1, -0.05) is 84.9 Å². The number of methoxy groups -OCH3 is 1. The molecule has 41 heavy (non-hydrogen) atoms. The zero-order chi connectivity index (χ0) is 28.3. The monoisotopic (exact) mass is 536 g/mol. The zero-order valence-electron chi connectivity index (χ0n) is 22.9. The van der Waals surface area contributed by atoms with Crippen LogP contribution in [0.3, 0.4) is 0 Å². The Morgan fingerprint density at radius 1 is 0.390 bits per heavy atom. The van der Waals surface area contributed by atoms with E-state index in [1.807, 2.05) is 103 Å². The number of phenols is 1. The Morgan fingerprint density at radius 2 is 0.732 bits per heavy atom. The summed E-state index contributed by atoms with van der Waals surface area (Å²) in [5, 5.41) is 9.73. The maximum Gasteiger partial charge on any atom is 0.120 e. The Labute approximate surface area is 242 Å². The number of rotatable bonds is 7. The van der Waals surface area contributed by atoms with Crippen molar-refractivity contribution in [2.45, 2.75) is 0 Å². The summed E-state index contributed by atoms with van der Waals surface area (Å²) in [6, 6.07) is 56.3. The molecule has 0 saturated carbocycles. The van der Waals surface area contributed by atoms with E-state index in [0.29, 0.717) is 0 Å². The summed E-state index contributed by atoms with van der Waals surface area (Å²) in [5.74, 6) is 1.11. The van der Waals surface area contributed by atoms with Gasteiger partial charge in [-0.3, -0.25) is 0 Å². The lowest BCUT2D eigenvalue weighted by Gasteiger charge is -2.25. The first-order valence-corrected chi connectivity index (χ1v) is 13.5. The molecule has 4 heteroatoms. The van der Waals surface area contributed by atoms with Crippen molar-refractivity contribution < 1.29 is 9.84 Å². The Kier molecular flexibility index (Phi) is 8.95. The lowest BCUT2D eigenvalue weighted by molar-refractivity contribution is 0.415. The number of hydrogen-bond donors (Lipinski definition) is 1. The van der Waals surface area contributed by atoms with Gasteiger partial charge in [0.15, 0.2) is 0 Å². The average molecular weight is 537 g/mol. The summed E-state index contributed by atoms with van der Waals surface area (Å²) in [6.45, 7) is 0. The van der Waals surface area contributed by atoms with Gasteiger partial charge < -0.3 is 19.6 Å². The van der Waals surface area contributed by atoms with Gasteiger partial charge in [0.25, 0.3) is 0 Å². The van der Waals surface area contributed by atoms with Gasteiger partial charge in [-0.15, -0.1) is 0 Å². The summed E-state index contributed by atoms with van der Waals surface area (Å²) in [6.07, 6.45) is 0. The normalized spacial score (nSPS) is 10.2. The fraction of sp³-hybridized carbons (Fsp3) is 0.0270. The molecule has 0 bridgehead atoms. The Balaban J connectivity index is 0.000000165. The summed E-state index contributed by atoms with van der Waals surface area (Å²) in [7, 11) is 1.69. The molecule has 0 aliphatic carbocycles. The van der Waals surface area contributed by atoms with Gasteiger partial charge in [0.2, 0.25) is 0 Å². The van der Waals surface area contributed by atoms with E-state index in [2.05, 4.69) is 64.4 Å². The molecular formula is C37H32N2O2. The second-order valence-corrected chi connectivity index (χ2v) is 9.23. The van der Waals surface area contributed by atoms with Crippen LogP contribution in [0.4, 0.5) is 34.1 Å². The molecule has 6 aromatic carbocycles. The van der Waals surface area contributed by atoms with Crippen LogP contribution in [0.15, 0.2) is 170 Å². The number of nitrogens with zero attached hydrogens (tertiary/aromatic N) is 2. The Morgan fingerprint density at radius 3 is 1.10 bits per heavy atom. The maximum absolute atomic E-state index is 9.73. The lowest BCUT2D eigenvalue weighted by atomic mass is 10.2. The van der Waals surface area contributed by atoms with Gasteiger partial charge in [-0.2, -0.15) is 0 Å². The van der Waals surface area contributed by atoms with Gasteiger partial charge in [0.05, 0.1) is 7.11 Å². The van der Waals surface area contributed by atoms with Crippen molar-refractivity contribution in [2.75, 3.05) is 16.9 Å². The third kappa shape index (κ3) is 6.94. The predicted octanol–water partition coefficient (Wildman–Crippen LogP) is 10.0. The molecule has 0 atom stereocenters. The number of para-hydroxylation sites is 4. The van der Waals surface area contributed by atoms with Crippen molar-refractivity contribution in [3.63, 3.8) is 0 Å². The second kappa shape index (κ2) is 13.5. The molecule has 1 N–H and O–H groups in total. The number of phenolic OH excluding ortho intramolecular Hbond substituents is 1. The van der Waals surface area contributed by atoms with Crippen molar-refractivity contribution in [2.24, 2.45) is 0 Å². The molecule has 6 rings (SSSR count). The Bertz CT molecular complexity index is 1550. The average Bonchev–Trinajstić information content (AvgIpc) is 3.04. The van der Waals surface area contributed by atoms with Gasteiger partial charge >= 0.3 is 0 Å². The first-order chi connectivity index (χ1) is 20.2. The minimum Gasteiger partial charge on any atom is -0.508 e. The highest BCUT2D eigenvalue weighted by atomic mass is 16.5. The Hall–Kier alpha value is -5.48. The van der Waals surface area contributed by atoms with Crippen molar-refractivity contribution in [1.82, 2.24) is 0 Å². The van der Waals surface area contributed by atoms with E-state index >= 15 is 0 Å². The molecule has 202 valence electrons. The van der Waals surface area contributed by atoms with E-state index in [0.717, 1.165) is 39.9 Å². The first kappa shape index (κ1) is 27.1. The molecule has 0 aliphatic rings. The standard InChI is InChI=1S/C19H17NO.C18H15NO/c1-21-19-14-8-13-18(15-19)20(16-9-4-2-5-10-16)17-11-6-3-7-12-17;20-18-13-7-12-17(14-18)19(15-8-3-1-4-9-15)16-10-5-2-6-11-16/h2-15H,1H3;1-14,20H. The lowest BCUT2D eigenvalue weighted by Crippen LogP contribution is -2.09. The fourth-order valence-electron chi connectivity index (χ4n) is 4.58. The van der Waals surface area contributed by atoms with E-state index in [9.17, 15) is 5.11 Å². The van der Waals surface area contributed by atoms with Crippen LogP contribution >= 0.6 is 0 Å². The SMILES string of the molecule is COc1cccc(N(c2ccccc2)c2ccccc2)c1.Oc1cccc(N(c2ccccc2)c2ccccc2)c1. The van der Waals surface area contributed by atoms with E-state index in [-0.39, 0.29) is 5.75 Å². The number of aromatic hydroxyl groups is 1. The van der Waals surface area contributed by atoms with E-state index < -0.39 is 0 Å². The molecule has 0 saturated heterocycles. The summed E-state index contributed by atoms with van der Waals surface area (Å²) in [4.78, 5) is 4.32. The molecule has 0 fully saturated rings. The van der Waals surface area contributed by atoms with Crippen molar-refractivity contribution in [1.29, 1.82) is 0 Å². The molecule has 0 radical (unpaired) electrons. The van der Waals surface area contributed by atoms with Gasteiger partial charge in [0.1, 0.15) is 11.5 Å². The predicted molar refractivity (Wildman–Crippen MR) is 170 cm³/mol. The topological polar surface area (TPSA) is 35.9 Å². The maximum atomic E-state index is 9.73. The highest BCUT2D eigenvalue weighted by molar-refractivity contribution is 5.78. The molecule has 6 aromatic rings. The summed E-state index contributed by atoms with van der Waals surface area (Å²) in [5.41, 5.74) is 6.37. The number of ether oxygens (including phenoxy) is 1. The fourth-order valence-corrected chi connectivity index (χ4v) is 4.58. The summed E-state index contributed by atoms with van der Waals surface area (Å²) < 4.78 is 5.35. The molecule has 4 nitrogen and oxygen atoms in total. The third-order valence-electron chi connectivity index (χ3n) is 6.46. The van der Waals surface area contributed by atoms with Crippen LogP contribution in [0.5, 0.6) is 11.5 Å². The van der Waals surface area contributed by atoms with E-state index in [1.54, 1.807) is 19.2 Å². The van der Waals surface area contributed by atoms with Crippen molar-refractivity contribution in [3.8, 4) is 11.5 Å². The highest BCUT2D eigenvalue weighted by Crippen LogP contribution is 2.36. The smallest absolute Gasteiger partial charge is 0.120 e. The number of hydrogen-bond acceptors (Lipinski definition) is 4. The number of anilines is 6. The molecule has 0 spiro atoms. The quantitative estimate of drug-likeness (QED) is 0.220. The van der Waals surface area contributed by atoms with E-state index in [4.69, 9.17) is 4.74 Å². The van der Waals surface area contributed by atoms with Gasteiger partial charge in [-0.25, -0.2) is 0 Å². The first-order valence-electron chi connectivity index (χ1n) is 13.5. The molecular weight excluding hydrogens is 504 g/mol. The van der Waals surface area contributed by atoms with Crippen LogP contribution in [0.1, 0.15) is 0 Å². The van der Waals surface area contributed by atoms with Crippen LogP contribution in [0.2, 0.25) is 0 Å². The largest absolute Gasteiger partial charge is 0.508 e. The molecule has 0 aromatic heterocycles. The second-order valence-electron chi connectivity index (χ2n) is 9.23. The van der Waals surface area contributed by atoms with E-state index in [1.165, 1.54) is 0 Å².